The third kappa shape index (κ3) is 6.00. The Balaban J connectivity index is 0.00000312. The fraction of sp³-hybridized carbons (Fsp3) is 0.312. The Kier molecular flexibility index (Phi) is 8.37. The van der Waals surface area contributed by atoms with Gasteiger partial charge in [-0.2, -0.15) is 0 Å². The number of fused-ring (bicyclic) bond motifs is 1. The molecule has 2 radical (unpaired) electrons. The summed E-state index contributed by atoms with van der Waals surface area (Å²) in [6, 6.07) is 5.51. The number of aromatic nitrogens is 1. The molecule has 1 aromatic carbocycles. The molecule has 9 heteroatoms. The van der Waals surface area contributed by atoms with Crippen LogP contribution in [0.4, 0.5) is 0 Å². The fourth-order valence-corrected chi connectivity index (χ4v) is 2.42. The second-order valence-corrected chi connectivity index (χ2v) is 5.57. The number of amides is 2. The molecule has 2 aromatic rings. The summed E-state index contributed by atoms with van der Waals surface area (Å²) in [6.45, 7) is 0. The summed E-state index contributed by atoms with van der Waals surface area (Å²) >= 11 is 0. The zero-order chi connectivity index (χ0) is 17.7. The van der Waals surface area contributed by atoms with Crippen molar-refractivity contribution in [2.45, 2.75) is 31.3 Å². The van der Waals surface area contributed by atoms with Gasteiger partial charge >= 0.3 is 5.97 Å². The minimum Gasteiger partial charge on any atom is -0.480 e. The van der Waals surface area contributed by atoms with Gasteiger partial charge in [0.25, 0.3) is 0 Å². The number of aromatic amines is 1. The van der Waals surface area contributed by atoms with Crippen molar-refractivity contribution in [3.8, 4) is 0 Å². The average molecular weight is 372 g/mol. The van der Waals surface area contributed by atoms with Gasteiger partial charge in [0, 0.05) is 67.7 Å². The number of H-pyrrole nitrogens is 1. The van der Waals surface area contributed by atoms with Crippen LogP contribution in [0.15, 0.2) is 30.5 Å². The van der Waals surface area contributed by atoms with Crippen LogP contribution in [-0.2, 0) is 20.8 Å². The zero-order valence-corrected chi connectivity index (χ0v) is 15.9. The summed E-state index contributed by atoms with van der Waals surface area (Å²) in [5.41, 5.74) is 12.2. The molecule has 25 heavy (non-hydrogen) atoms. The molecule has 0 spiro atoms. The molecule has 1 aromatic heterocycles. The molecular formula is C16H20CaN4O4. The molecule has 0 saturated carbocycles. The van der Waals surface area contributed by atoms with Gasteiger partial charge in [-0.25, -0.2) is 4.79 Å². The van der Waals surface area contributed by atoms with E-state index in [2.05, 4.69) is 10.3 Å². The average Bonchev–Trinajstić information content (AvgIpc) is 2.95. The van der Waals surface area contributed by atoms with Crippen LogP contribution in [-0.4, -0.2) is 77.7 Å². The maximum Gasteiger partial charge on any atom is 0.326 e. The normalized spacial score (nSPS) is 12.8. The number of carbonyl (C=O) groups is 3. The summed E-state index contributed by atoms with van der Waals surface area (Å²) in [5, 5.41) is 12.7. The van der Waals surface area contributed by atoms with E-state index in [1.165, 1.54) is 0 Å². The second-order valence-electron chi connectivity index (χ2n) is 5.57. The number of aliphatic carboxylic acids is 1. The van der Waals surface area contributed by atoms with Crippen molar-refractivity contribution in [1.29, 1.82) is 0 Å². The van der Waals surface area contributed by atoms with Crippen molar-refractivity contribution in [2.24, 2.45) is 11.5 Å². The Morgan fingerprint density at radius 2 is 1.92 bits per heavy atom. The number of hydrogen-bond donors (Lipinski definition) is 5. The number of nitrogens with two attached hydrogens (primary N) is 2. The van der Waals surface area contributed by atoms with Crippen molar-refractivity contribution < 1.29 is 19.5 Å². The number of para-hydroxylation sites is 1. The molecule has 130 valence electrons. The molecule has 0 aliphatic heterocycles. The number of carbonyl (C=O) groups excluding carboxylic acids is 2. The number of rotatable bonds is 8. The Morgan fingerprint density at radius 3 is 2.56 bits per heavy atom. The van der Waals surface area contributed by atoms with E-state index in [0.29, 0.717) is 0 Å². The fourth-order valence-electron chi connectivity index (χ4n) is 2.42. The molecule has 7 N–H and O–H groups in total. The Labute approximate surface area is 174 Å². The van der Waals surface area contributed by atoms with Crippen molar-refractivity contribution in [3.05, 3.63) is 36.0 Å². The van der Waals surface area contributed by atoms with E-state index in [1.54, 1.807) is 6.20 Å². The maximum atomic E-state index is 11.9. The molecule has 0 unspecified atom stereocenters. The second kappa shape index (κ2) is 9.76. The van der Waals surface area contributed by atoms with E-state index < -0.39 is 29.9 Å². The van der Waals surface area contributed by atoms with E-state index in [1.807, 2.05) is 24.3 Å². The Morgan fingerprint density at radius 1 is 1.24 bits per heavy atom. The van der Waals surface area contributed by atoms with Gasteiger partial charge < -0.3 is 26.9 Å². The van der Waals surface area contributed by atoms with Crippen molar-refractivity contribution in [1.82, 2.24) is 10.3 Å². The minimum atomic E-state index is -1.13. The summed E-state index contributed by atoms with van der Waals surface area (Å²) in [6.07, 6.45) is 1.88. The molecule has 8 nitrogen and oxygen atoms in total. The smallest absolute Gasteiger partial charge is 0.326 e. The van der Waals surface area contributed by atoms with E-state index in [-0.39, 0.29) is 57.0 Å². The van der Waals surface area contributed by atoms with Gasteiger partial charge in [0.2, 0.25) is 11.8 Å². The predicted octanol–water partition coefficient (Wildman–Crippen LogP) is -0.508. The van der Waals surface area contributed by atoms with E-state index in [4.69, 9.17) is 11.5 Å². The van der Waals surface area contributed by atoms with E-state index in [0.717, 1.165) is 16.5 Å². The molecule has 1 heterocycles. The number of carboxylic acid groups (broad SMARTS) is 1. The van der Waals surface area contributed by atoms with Gasteiger partial charge in [-0.15, -0.1) is 0 Å². The summed E-state index contributed by atoms with van der Waals surface area (Å²) in [7, 11) is 0. The van der Waals surface area contributed by atoms with Crippen LogP contribution in [0, 0.1) is 0 Å². The quantitative estimate of drug-likeness (QED) is 0.395. The SMILES string of the molecule is NC(=O)[C@H](N)CCC(=O)N[C@H](Cc1c[nH]c2ccccc12)C(=O)O.[Ca]. The molecule has 0 aliphatic carbocycles. The van der Waals surface area contributed by atoms with Crippen molar-refractivity contribution in [2.75, 3.05) is 0 Å². The molecule has 0 fully saturated rings. The molecule has 2 atom stereocenters. The number of carboxylic acids is 1. The minimum absolute atomic E-state index is 0. The zero-order valence-electron chi connectivity index (χ0n) is 13.7. The van der Waals surface area contributed by atoms with Crippen LogP contribution in [0.25, 0.3) is 10.9 Å². The summed E-state index contributed by atoms with van der Waals surface area (Å²) in [5.74, 6) is -2.32. The van der Waals surface area contributed by atoms with Gasteiger partial charge in [0.15, 0.2) is 0 Å². The number of nitrogens with one attached hydrogen (secondary N) is 2. The van der Waals surface area contributed by atoms with Gasteiger partial charge in [0.05, 0.1) is 6.04 Å². The number of benzene rings is 1. The molecule has 2 amide bonds. The Hall–Kier alpha value is -1.61. The van der Waals surface area contributed by atoms with Crippen LogP contribution < -0.4 is 16.8 Å². The van der Waals surface area contributed by atoms with E-state index >= 15 is 0 Å². The third-order valence-electron chi connectivity index (χ3n) is 3.78. The van der Waals surface area contributed by atoms with E-state index in [9.17, 15) is 19.5 Å². The largest absolute Gasteiger partial charge is 0.480 e. The van der Waals surface area contributed by atoms with Crippen LogP contribution in [0.2, 0.25) is 0 Å². The molecular weight excluding hydrogens is 352 g/mol. The number of primary amides is 1. The molecule has 0 bridgehead atoms. The topological polar surface area (TPSA) is 151 Å². The van der Waals surface area contributed by atoms with Crippen molar-refractivity contribution in [3.63, 3.8) is 0 Å². The monoisotopic (exact) mass is 372 g/mol. The van der Waals surface area contributed by atoms with Crippen LogP contribution in [0.1, 0.15) is 18.4 Å². The summed E-state index contributed by atoms with van der Waals surface area (Å²) < 4.78 is 0. The predicted molar refractivity (Wildman–Crippen MR) is 93.7 cm³/mol. The van der Waals surface area contributed by atoms with Gasteiger partial charge in [-0.1, -0.05) is 18.2 Å². The van der Waals surface area contributed by atoms with Crippen LogP contribution in [0.3, 0.4) is 0 Å². The third-order valence-corrected chi connectivity index (χ3v) is 3.78. The van der Waals surface area contributed by atoms with Crippen LogP contribution >= 0.6 is 0 Å². The standard InChI is InChI=1S/C16H20N4O4.Ca/c17-11(15(18)22)5-6-14(21)20-13(16(23)24)7-9-8-19-12-4-2-1-3-10(9)12;/h1-4,8,11,13,19H,5-7,17H2,(H2,18,22)(H,20,21)(H,23,24);/t11-,13-;/m1./s1. The first-order chi connectivity index (χ1) is 11.4. The van der Waals surface area contributed by atoms with Gasteiger partial charge in [-0.05, 0) is 18.1 Å². The maximum absolute atomic E-state index is 11.9. The van der Waals surface area contributed by atoms with Gasteiger partial charge in [-0.3, -0.25) is 9.59 Å². The molecule has 2 rings (SSSR count). The molecule has 0 aliphatic rings. The summed E-state index contributed by atoms with van der Waals surface area (Å²) in [4.78, 5) is 37.2. The molecule has 0 saturated heterocycles. The first kappa shape index (κ1) is 21.4. The first-order valence-corrected chi connectivity index (χ1v) is 7.50. The van der Waals surface area contributed by atoms with Crippen LogP contribution in [0.5, 0.6) is 0 Å². The Bertz CT molecular complexity index is 761. The number of hydrogen-bond acceptors (Lipinski definition) is 4. The van der Waals surface area contributed by atoms with Crippen molar-refractivity contribution >= 4 is 66.4 Å². The van der Waals surface area contributed by atoms with Gasteiger partial charge in [0.1, 0.15) is 6.04 Å². The first-order valence-electron chi connectivity index (χ1n) is 7.50.